The van der Waals surface area contributed by atoms with Gasteiger partial charge >= 0.3 is 5.69 Å². The number of guanidine groups is 1. The molecule has 1 aromatic heterocycles. The summed E-state index contributed by atoms with van der Waals surface area (Å²) in [5.74, 6) is 1.44. The van der Waals surface area contributed by atoms with E-state index >= 15 is 0 Å². The van der Waals surface area contributed by atoms with Crippen molar-refractivity contribution < 1.29 is 9.53 Å². The average Bonchev–Trinajstić information content (AvgIpc) is 2.98. The Morgan fingerprint density at radius 2 is 1.90 bits per heavy atom. The van der Waals surface area contributed by atoms with Gasteiger partial charge in [-0.3, -0.25) is 14.4 Å². The molecule has 0 unspecified atom stereocenters. The molecule has 1 aliphatic carbocycles. The zero-order valence-corrected chi connectivity index (χ0v) is 23.5. The molecule has 0 spiro atoms. The number of amides is 1. The molecule has 2 fully saturated rings. The number of hydrogen-bond acceptors (Lipinski definition) is 9. The number of aromatic nitrogens is 2. The minimum atomic E-state index is -0.310. The van der Waals surface area contributed by atoms with Crippen LogP contribution in [-0.2, 0) is 0 Å². The van der Waals surface area contributed by atoms with Gasteiger partial charge in [0.2, 0.25) is 0 Å². The van der Waals surface area contributed by atoms with E-state index in [0.717, 1.165) is 77.8 Å². The number of carbonyl (C=O) groups is 1. The molecule has 13 nitrogen and oxygen atoms in total. The Hall–Kier alpha value is -3.68. The van der Waals surface area contributed by atoms with Crippen LogP contribution in [0.5, 0.6) is 11.5 Å². The third kappa shape index (κ3) is 7.75. The summed E-state index contributed by atoms with van der Waals surface area (Å²) in [4.78, 5) is 36.4. The lowest BCUT2D eigenvalue weighted by atomic mass is 9.91. The molecular weight excluding hydrogens is 524 g/mol. The summed E-state index contributed by atoms with van der Waals surface area (Å²) in [6.45, 7) is 7.19. The minimum absolute atomic E-state index is 0.0719. The van der Waals surface area contributed by atoms with Gasteiger partial charge in [-0.2, -0.15) is 4.98 Å². The van der Waals surface area contributed by atoms with Gasteiger partial charge in [-0.25, -0.2) is 4.79 Å². The number of carbonyl (C=O) groups excluding carboxylic acids is 1. The van der Waals surface area contributed by atoms with Gasteiger partial charge in [0, 0.05) is 56.9 Å². The third-order valence-electron chi connectivity index (χ3n) is 7.93. The summed E-state index contributed by atoms with van der Waals surface area (Å²) in [5.41, 5.74) is 11.6. The number of nitrogens with two attached hydrogens (primary N) is 2. The summed E-state index contributed by atoms with van der Waals surface area (Å²) in [6, 6.07) is 5.76. The first-order valence-corrected chi connectivity index (χ1v) is 14.7. The van der Waals surface area contributed by atoms with Crippen molar-refractivity contribution in [1.29, 1.82) is 0 Å². The number of aliphatic imine (C=N–C) groups is 1. The van der Waals surface area contributed by atoms with Crippen molar-refractivity contribution in [2.45, 2.75) is 50.6 Å². The molecule has 41 heavy (non-hydrogen) atoms. The van der Waals surface area contributed by atoms with Crippen LogP contribution >= 0.6 is 0 Å². The van der Waals surface area contributed by atoms with Crippen LogP contribution in [0, 0.1) is 0 Å². The fourth-order valence-corrected chi connectivity index (χ4v) is 5.67. The lowest BCUT2D eigenvalue weighted by Gasteiger charge is -2.31. The second-order valence-corrected chi connectivity index (χ2v) is 10.9. The van der Waals surface area contributed by atoms with E-state index < -0.39 is 0 Å². The summed E-state index contributed by atoms with van der Waals surface area (Å²) in [5, 5.41) is 13.1. The lowest BCUT2D eigenvalue weighted by molar-refractivity contribution is 0.0951. The SMILES string of the molecule is NC(N)=NCCCNC1CCC(n2cc3c(nc2=O)Nc2cc(C(=O)NCCCN4CCNCC4)ccc2O3)CC1. The van der Waals surface area contributed by atoms with E-state index in [9.17, 15) is 9.59 Å². The Bertz CT molecular complexity index is 1280. The number of nitrogens with zero attached hydrogens (tertiary/aromatic N) is 4. The van der Waals surface area contributed by atoms with Crippen molar-refractivity contribution >= 4 is 23.4 Å². The van der Waals surface area contributed by atoms with Crippen molar-refractivity contribution in [3.05, 3.63) is 40.4 Å². The van der Waals surface area contributed by atoms with E-state index in [4.69, 9.17) is 16.2 Å². The number of nitrogens with one attached hydrogen (secondary N) is 4. The second kappa shape index (κ2) is 13.8. The fraction of sp³-hybridized carbons (Fsp3) is 0.571. The number of hydrogen-bond donors (Lipinski definition) is 6. The maximum absolute atomic E-state index is 13.0. The fourth-order valence-electron chi connectivity index (χ4n) is 5.67. The molecule has 1 saturated heterocycles. The number of anilines is 2. The Morgan fingerprint density at radius 3 is 2.68 bits per heavy atom. The summed E-state index contributed by atoms with van der Waals surface area (Å²) >= 11 is 0. The highest BCUT2D eigenvalue weighted by Gasteiger charge is 2.26. The van der Waals surface area contributed by atoms with E-state index in [1.54, 1.807) is 29.0 Å². The second-order valence-electron chi connectivity index (χ2n) is 10.9. The van der Waals surface area contributed by atoms with Crippen LogP contribution in [0.25, 0.3) is 0 Å². The topological polar surface area (TPSA) is 177 Å². The maximum atomic E-state index is 13.0. The quantitative estimate of drug-likeness (QED) is 0.111. The van der Waals surface area contributed by atoms with Crippen LogP contribution < -0.4 is 43.2 Å². The number of rotatable bonds is 11. The predicted octanol–water partition coefficient (Wildman–Crippen LogP) is 0.855. The number of fused-ring (bicyclic) bond motifs is 2. The van der Waals surface area contributed by atoms with Gasteiger partial charge in [0.05, 0.1) is 11.9 Å². The molecule has 222 valence electrons. The largest absolute Gasteiger partial charge is 0.450 e. The minimum Gasteiger partial charge on any atom is -0.450 e. The highest BCUT2D eigenvalue weighted by atomic mass is 16.5. The summed E-state index contributed by atoms with van der Waals surface area (Å²) in [7, 11) is 0. The zero-order valence-electron chi connectivity index (χ0n) is 23.5. The Morgan fingerprint density at radius 1 is 1.10 bits per heavy atom. The van der Waals surface area contributed by atoms with Crippen LogP contribution in [0.3, 0.4) is 0 Å². The number of piperazine rings is 1. The first-order chi connectivity index (χ1) is 20.0. The summed E-state index contributed by atoms with van der Waals surface area (Å²) < 4.78 is 7.81. The Labute approximate surface area is 240 Å². The van der Waals surface area contributed by atoms with Crippen LogP contribution in [0.1, 0.15) is 54.9 Å². The summed E-state index contributed by atoms with van der Waals surface area (Å²) in [6.07, 6.45) is 7.24. The molecule has 13 heteroatoms. The van der Waals surface area contributed by atoms with Gasteiger partial charge < -0.3 is 42.4 Å². The van der Waals surface area contributed by atoms with Crippen molar-refractivity contribution in [2.24, 2.45) is 16.5 Å². The van der Waals surface area contributed by atoms with Crippen LogP contribution in [0.4, 0.5) is 11.5 Å². The molecule has 0 radical (unpaired) electrons. The number of ether oxygens (including phenoxy) is 1. The van der Waals surface area contributed by atoms with Gasteiger partial charge in [-0.1, -0.05) is 0 Å². The lowest BCUT2D eigenvalue weighted by Crippen LogP contribution is -2.44. The van der Waals surface area contributed by atoms with Crippen LogP contribution in [0.15, 0.2) is 34.2 Å². The molecule has 5 rings (SSSR count). The van der Waals surface area contributed by atoms with Gasteiger partial charge in [0.1, 0.15) is 0 Å². The molecule has 1 saturated carbocycles. The van der Waals surface area contributed by atoms with Gasteiger partial charge in [-0.05, 0) is 69.8 Å². The van der Waals surface area contributed by atoms with Crippen molar-refractivity contribution in [3.63, 3.8) is 0 Å². The van der Waals surface area contributed by atoms with Crippen LogP contribution in [-0.4, -0.2) is 84.7 Å². The smallest absolute Gasteiger partial charge is 0.350 e. The molecule has 2 aliphatic heterocycles. The van der Waals surface area contributed by atoms with E-state index in [1.807, 2.05) is 0 Å². The molecule has 1 aromatic carbocycles. The van der Waals surface area contributed by atoms with E-state index in [2.05, 4.69) is 36.1 Å². The zero-order chi connectivity index (χ0) is 28.6. The molecule has 3 heterocycles. The van der Waals surface area contributed by atoms with E-state index in [-0.39, 0.29) is 23.6 Å². The molecular formula is C28H42N10O3. The van der Waals surface area contributed by atoms with E-state index in [0.29, 0.717) is 47.7 Å². The predicted molar refractivity (Wildman–Crippen MR) is 159 cm³/mol. The molecule has 0 bridgehead atoms. The Kier molecular flexibility index (Phi) is 9.70. The molecule has 1 amide bonds. The van der Waals surface area contributed by atoms with Gasteiger partial charge in [0.15, 0.2) is 23.3 Å². The standard InChI is InChI=1S/C28H42N10O3/c29-27(30)34-10-1-9-32-20-4-6-21(7-5-20)38-18-24-25(36-28(38)40)35-22-17-19(3-8-23(22)41-24)26(39)33-11-2-14-37-15-12-31-13-16-37/h3,8,17-18,20-21,31-32H,1-2,4-7,9-16H2,(H,33,39)(H4,29,30,34)(H,35,36,40). The maximum Gasteiger partial charge on any atom is 0.350 e. The third-order valence-corrected chi connectivity index (χ3v) is 7.93. The monoisotopic (exact) mass is 566 g/mol. The van der Waals surface area contributed by atoms with Crippen molar-refractivity contribution in [2.75, 3.05) is 57.7 Å². The van der Waals surface area contributed by atoms with E-state index in [1.165, 1.54) is 0 Å². The number of benzene rings is 1. The molecule has 0 atom stereocenters. The van der Waals surface area contributed by atoms with Gasteiger partial charge in [0.25, 0.3) is 5.91 Å². The van der Waals surface area contributed by atoms with Crippen molar-refractivity contribution in [3.8, 4) is 11.5 Å². The van der Waals surface area contributed by atoms with Crippen LogP contribution in [0.2, 0.25) is 0 Å². The molecule has 3 aliphatic rings. The first-order valence-electron chi connectivity index (χ1n) is 14.7. The average molecular weight is 567 g/mol. The normalized spacial score (nSPS) is 20.2. The van der Waals surface area contributed by atoms with Crippen molar-refractivity contribution in [1.82, 2.24) is 30.4 Å². The van der Waals surface area contributed by atoms with Gasteiger partial charge in [-0.15, -0.1) is 0 Å². The highest BCUT2D eigenvalue weighted by molar-refractivity contribution is 5.96. The molecule has 8 N–H and O–H groups in total. The first kappa shape index (κ1) is 28.8. The Balaban J connectivity index is 1.12. The molecule has 2 aromatic rings. The highest BCUT2D eigenvalue weighted by Crippen LogP contribution is 2.41.